The molecule has 1 heterocycles. The van der Waals surface area contributed by atoms with Gasteiger partial charge in [-0.05, 0) is 24.3 Å². The molecule has 1 aromatic carbocycles. The summed E-state index contributed by atoms with van der Waals surface area (Å²) in [6, 6.07) is 11.5. The number of aliphatic hydroxyl groups excluding tert-OH is 1. The Hall–Kier alpha value is -1.74. The van der Waals surface area contributed by atoms with E-state index in [2.05, 4.69) is 5.32 Å². The van der Waals surface area contributed by atoms with Gasteiger partial charge in [0.1, 0.15) is 18.1 Å². The van der Waals surface area contributed by atoms with Crippen LogP contribution in [0.15, 0.2) is 40.8 Å². The fourth-order valence-corrected chi connectivity index (χ4v) is 1.52. The van der Waals surface area contributed by atoms with Crippen molar-refractivity contribution < 1.29 is 9.52 Å². The summed E-state index contributed by atoms with van der Waals surface area (Å²) in [5.41, 5.74) is 2.01. The smallest absolute Gasteiger partial charge is 0.136 e. The minimum absolute atomic E-state index is 0.0677. The van der Waals surface area contributed by atoms with E-state index in [0.717, 1.165) is 17.0 Å². The quantitative estimate of drug-likeness (QED) is 0.805. The fourth-order valence-electron chi connectivity index (χ4n) is 1.52. The van der Waals surface area contributed by atoms with Crippen LogP contribution < -0.4 is 5.32 Å². The zero-order valence-electron chi connectivity index (χ0n) is 8.53. The van der Waals surface area contributed by atoms with Gasteiger partial charge in [-0.1, -0.05) is 12.1 Å². The summed E-state index contributed by atoms with van der Waals surface area (Å²) < 4.78 is 5.47. The summed E-state index contributed by atoms with van der Waals surface area (Å²) in [4.78, 5) is 0. The number of aliphatic hydroxyl groups is 1. The Kier molecular flexibility index (Phi) is 2.74. The maximum atomic E-state index is 8.91. The maximum Gasteiger partial charge on any atom is 0.136 e. The predicted molar refractivity (Wildman–Crippen MR) is 59.6 cm³/mol. The Morgan fingerprint density at radius 3 is 2.67 bits per heavy atom. The first-order valence-corrected chi connectivity index (χ1v) is 4.82. The van der Waals surface area contributed by atoms with Crippen LogP contribution in [0.3, 0.4) is 0 Å². The Bertz CT molecular complexity index is 448. The van der Waals surface area contributed by atoms with Crippen molar-refractivity contribution in [2.45, 2.75) is 6.61 Å². The maximum absolute atomic E-state index is 8.91. The van der Waals surface area contributed by atoms with Crippen LogP contribution in [0.5, 0.6) is 0 Å². The molecule has 2 rings (SSSR count). The molecule has 0 aliphatic rings. The standard InChI is InChI=1S/C12H13NO2/c1-13-11-5-3-2-4-10(11)12-7-6-9(8-14)15-12/h2-7,13-14H,8H2,1H3. The van der Waals surface area contributed by atoms with Crippen LogP contribution >= 0.6 is 0 Å². The average Bonchev–Trinajstić information content (AvgIpc) is 2.77. The number of nitrogens with one attached hydrogen (secondary N) is 1. The van der Waals surface area contributed by atoms with E-state index in [1.165, 1.54) is 0 Å². The summed E-state index contributed by atoms with van der Waals surface area (Å²) in [5, 5.41) is 12.0. The van der Waals surface area contributed by atoms with Gasteiger partial charge in [0.05, 0.1) is 0 Å². The summed E-state index contributed by atoms with van der Waals surface area (Å²) in [7, 11) is 1.87. The number of furan rings is 1. The molecule has 1 aromatic heterocycles. The van der Waals surface area contributed by atoms with Crippen molar-refractivity contribution in [3.8, 4) is 11.3 Å². The third kappa shape index (κ3) is 1.87. The van der Waals surface area contributed by atoms with E-state index in [9.17, 15) is 0 Å². The molecule has 78 valence electrons. The number of rotatable bonds is 3. The lowest BCUT2D eigenvalue weighted by Gasteiger charge is -2.05. The van der Waals surface area contributed by atoms with Crippen LogP contribution in [0.2, 0.25) is 0 Å². The highest BCUT2D eigenvalue weighted by molar-refractivity contribution is 5.74. The second-order valence-electron chi connectivity index (χ2n) is 3.22. The first-order chi connectivity index (χ1) is 7.35. The third-order valence-corrected chi connectivity index (χ3v) is 2.28. The number of hydrogen-bond acceptors (Lipinski definition) is 3. The Morgan fingerprint density at radius 2 is 2.00 bits per heavy atom. The van der Waals surface area contributed by atoms with Crippen molar-refractivity contribution in [2.75, 3.05) is 12.4 Å². The van der Waals surface area contributed by atoms with Gasteiger partial charge in [-0.3, -0.25) is 0 Å². The molecule has 0 aliphatic carbocycles. The van der Waals surface area contributed by atoms with E-state index in [1.807, 2.05) is 37.4 Å². The van der Waals surface area contributed by atoms with Gasteiger partial charge in [0.15, 0.2) is 0 Å². The lowest BCUT2D eigenvalue weighted by molar-refractivity contribution is 0.248. The van der Waals surface area contributed by atoms with Crippen molar-refractivity contribution in [3.63, 3.8) is 0 Å². The van der Waals surface area contributed by atoms with Gasteiger partial charge in [-0.25, -0.2) is 0 Å². The molecule has 2 N–H and O–H groups in total. The van der Waals surface area contributed by atoms with Crippen LogP contribution in [0.25, 0.3) is 11.3 Å². The molecule has 0 radical (unpaired) electrons. The molecular formula is C12H13NO2. The highest BCUT2D eigenvalue weighted by Crippen LogP contribution is 2.28. The normalized spacial score (nSPS) is 10.3. The Labute approximate surface area is 88.4 Å². The van der Waals surface area contributed by atoms with Crippen molar-refractivity contribution in [2.24, 2.45) is 0 Å². The van der Waals surface area contributed by atoms with Gasteiger partial charge in [-0.2, -0.15) is 0 Å². The number of para-hydroxylation sites is 1. The topological polar surface area (TPSA) is 45.4 Å². The molecule has 3 nitrogen and oxygen atoms in total. The fraction of sp³-hybridized carbons (Fsp3) is 0.167. The molecule has 3 heteroatoms. The first kappa shape index (κ1) is 9.80. The van der Waals surface area contributed by atoms with Crippen LogP contribution in [0.1, 0.15) is 5.76 Å². The van der Waals surface area contributed by atoms with Gasteiger partial charge >= 0.3 is 0 Å². The molecule has 0 amide bonds. The van der Waals surface area contributed by atoms with Crippen molar-refractivity contribution in [1.82, 2.24) is 0 Å². The van der Waals surface area contributed by atoms with Crippen LogP contribution in [-0.4, -0.2) is 12.2 Å². The molecule has 0 fully saturated rings. The highest BCUT2D eigenvalue weighted by atomic mass is 16.4. The largest absolute Gasteiger partial charge is 0.459 e. The van der Waals surface area contributed by atoms with Crippen molar-refractivity contribution in [1.29, 1.82) is 0 Å². The average molecular weight is 203 g/mol. The van der Waals surface area contributed by atoms with Gasteiger partial charge in [0.2, 0.25) is 0 Å². The Balaban J connectivity index is 2.44. The molecule has 15 heavy (non-hydrogen) atoms. The second-order valence-corrected chi connectivity index (χ2v) is 3.22. The van der Waals surface area contributed by atoms with Crippen LogP contribution in [-0.2, 0) is 6.61 Å². The van der Waals surface area contributed by atoms with Crippen molar-refractivity contribution in [3.05, 3.63) is 42.2 Å². The third-order valence-electron chi connectivity index (χ3n) is 2.28. The number of hydrogen-bond donors (Lipinski definition) is 2. The summed E-state index contributed by atoms with van der Waals surface area (Å²) in [5.74, 6) is 1.35. The summed E-state index contributed by atoms with van der Waals surface area (Å²) in [6.45, 7) is -0.0677. The lowest BCUT2D eigenvalue weighted by atomic mass is 10.1. The molecule has 0 bridgehead atoms. The van der Waals surface area contributed by atoms with E-state index in [4.69, 9.17) is 9.52 Å². The molecule has 0 unspecified atom stereocenters. The van der Waals surface area contributed by atoms with E-state index >= 15 is 0 Å². The zero-order valence-corrected chi connectivity index (χ0v) is 8.53. The molecule has 2 aromatic rings. The van der Waals surface area contributed by atoms with E-state index in [-0.39, 0.29) is 6.61 Å². The molecule has 0 spiro atoms. The zero-order chi connectivity index (χ0) is 10.7. The monoisotopic (exact) mass is 203 g/mol. The molecular weight excluding hydrogens is 190 g/mol. The van der Waals surface area contributed by atoms with Crippen molar-refractivity contribution >= 4 is 5.69 Å². The second kappa shape index (κ2) is 4.19. The SMILES string of the molecule is CNc1ccccc1-c1ccc(CO)o1. The van der Waals surface area contributed by atoms with E-state index < -0.39 is 0 Å². The lowest BCUT2D eigenvalue weighted by Crippen LogP contribution is -1.90. The number of benzene rings is 1. The summed E-state index contributed by atoms with van der Waals surface area (Å²) in [6.07, 6.45) is 0. The summed E-state index contributed by atoms with van der Waals surface area (Å²) >= 11 is 0. The molecule has 0 aliphatic heterocycles. The first-order valence-electron chi connectivity index (χ1n) is 4.82. The van der Waals surface area contributed by atoms with Gasteiger partial charge < -0.3 is 14.8 Å². The van der Waals surface area contributed by atoms with Crippen LogP contribution in [0, 0.1) is 0 Å². The Morgan fingerprint density at radius 1 is 1.20 bits per heavy atom. The molecule has 0 saturated heterocycles. The van der Waals surface area contributed by atoms with Gasteiger partial charge in [-0.15, -0.1) is 0 Å². The van der Waals surface area contributed by atoms with E-state index in [1.54, 1.807) is 6.07 Å². The minimum Gasteiger partial charge on any atom is -0.459 e. The van der Waals surface area contributed by atoms with E-state index in [0.29, 0.717) is 5.76 Å². The van der Waals surface area contributed by atoms with Gasteiger partial charge in [0.25, 0.3) is 0 Å². The van der Waals surface area contributed by atoms with Crippen LogP contribution in [0.4, 0.5) is 5.69 Å². The predicted octanol–water partition coefficient (Wildman–Crippen LogP) is 2.48. The minimum atomic E-state index is -0.0677. The van der Waals surface area contributed by atoms with Gasteiger partial charge in [0, 0.05) is 18.3 Å². The highest BCUT2D eigenvalue weighted by Gasteiger charge is 2.07. The molecule has 0 atom stereocenters. The molecule has 0 saturated carbocycles. The number of anilines is 1.